The second-order valence-corrected chi connectivity index (χ2v) is 17.8. The highest BCUT2D eigenvalue weighted by Gasteiger charge is 2.51. The van der Waals surface area contributed by atoms with Gasteiger partial charge in [0, 0.05) is 32.9 Å². The summed E-state index contributed by atoms with van der Waals surface area (Å²) in [4.78, 5) is 7.83. The highest BCUT2D eigenvalue weighted by Crippen LogP contribution is 2.64. The van der Waals surface area contributed by atoms with Crippen LogP contribution in [0.4, 0.5) is 11.4 Å². The highest BCUT2D eigenvalue weighted by molar-refractivity contribution is 6.13. The SMILES string of the molecule is [C-]#[N+]c1ccc2c(c1)C1(c3ccccc3-c3ccc(-c4ccc5c(c4)c4cc(-c6ccc7c(c6)c6ccccc6n7-c6ccccc6)ccc4n5-c4ccccc4)cc31)c1cc([N+]#[C-])ccc1-2. The number of hydrogen-bond donors (Lipinski definition) is 0. The monoisotopic (exact) mass is 848 g/mol. The van der Waals surface area contributed by atoms with Gasteiger partial charge in [0.25, 0.3) is 0 Å². The molecule has 0 aliphatic heterocycles. The third-order valence-corrected chi connectivity index (χ3v) is 14.5. The summed E-state index contributed by atoms with van der Waals surface area (Å²) in [5.74, 6) is 0. The van der Waals surface area contributed by atoms with Crippen molar-refractivity contribution >= 4 is 55.0 Å². The molecule has 2 aromatic heterocycles. The summed E-state index contributed by atoms with van der Waals surface area (Å²) in [6.45, 7) is 16.1. The Balaban J connectivity index is 0.979. The maximum absolute atomic E-state index is 8.04. The predicted molar refractivity (Wildman–Crippen MR) is 275 cm³/mol. The molecule has 0 bridgehead atoms. The molecule has 67 heavy (non-hydrogen) atoms. The Morgan fingerprint density at radius 2 is 0.687 bits per heavy atom. The van der Waals surface area contributed by atoms with Crippen molar-refractivity contribution in [3.05, 3.63) is 263 Å². The van der Waals surface area contributed by atoms with Gasteiger partial charge < -0.3 is 9.13 Å². The van der Waals surface area contributed by atoms with Gasteiger partial charge in [-0.3, -0.25) is 0 Å². The minimum Gasteiger partial charge on any atom is -0.309 e. The van der Waals surface area contributed by atoms with Crippen LogP contribution in [0.2, 0.25) is 0 Å². The topological polar surface area (TPSA) is 18.6 Å². The zero-order valence-corrected chi connectivity index (χ0v) is 36.1. The summed E-state index contributed by atoms with van der Waals surface area (Å²) in [6, 6.07) is 78.6. The average Bonchev–Trinajstić information content (AvgIpc) is 4.09. The first-order chi connectivity index (χ1) is 33.1. The van der Waals surface area contributed by atoms with Crippen molar-refractivity contribution in [2.24, 2.45) is 0 Å². The molecular formula is C63H36N4. The molecule has 12 aromatic rings. The third kappa shape index (κ3) is 5.10. The van der Waals surface area contributed by atoms with Crippen molar-refractivity contribution in [1.29, 1.82) is 0 Å². The molecule has 0 saturated carbocycles. The van der Waals surface area contributed by atoms with E-state index in [0.29, 0.717) is 11.4 Å². The van der Waals surface area contributed by atoms with Gasteiger partial charge in [-0.15, -0.1) is 0 Å². The first kappa shape index (κ1) is 37.2. The molecule has 4 heteroatoms. The summed E-state index contributed by atoms with van der Waals surface area (Å²) in [5.41, 5.74) is 21.2. The van der Waals surface area contributed by atoms with E-state index in [1.54, 1.807) is 0 Å². The van der Waals surface area contributed by atoms with Gasteiger partial charge in [0.05, 0.1) is 40.6 Å². The van der Waals surface area contributed by atoms with Crippen LogP contribution >= 0.6 is 0 Å². The molecule has 2 aliphatic rings. The van der Waals surface area contributed by atoms with E-state index >= 15 is 0 Å². The van der Waals surface area contributed by atoms with Gasteiger partial charge in [0.15, 0.2) is 11.4 Å². The van der Waals surface area contributed by atoms with Crippen molar-refractivity contribution in [3.63, 3.8) is 0 Å². The van der Waals surface area contributed by atoms with Crippen LogP contribution in [-0.2, 0) is 5.41 Å². The number of rotatable bonds is 4. The van der Waals surface area contributed by atoms with E-state index < -0.39 is 5.41 Å². The van der Waals surface area contributed by atoms with Gasteiger partial charge in [-0.1, -0.05) is 146 Å². The van der Waals surface area contributed by atoms with E-state index in [1.807, 2.05) is 12.1 Å². The first-order valence-corrected chi connectivity index (χ1v) is 22.6. The van der Waals surface area contributed by atoms with Crippen LogP contribution in [0.1, 0.15) is 22.3 Å². The molecule has 0 fully saturated rings. The molecule has 0 amide bonds. The Morgan fingerprint density at radius 3 is 1.22 bits per heavy atom. The minimum atomic E-state index is -0.690. The van der Waals surface area contributed by atoms with Gasteiger partial charge >= 0.3 is 0 Å². The fourth-order valence-electron chi connectivity index (χ4n) is 11.7. The maximum Gasteiger partial charge on any atom is 0.187 e. The van der Waals surface area contributed by atoms with E-state index in [0.717, 1.165) is 61.4 Å². The molecule has 0 saturated heterocycles. The van der Waals surface area contributed by atoms with Crippen LogP contribution in [0.3, 0.4) is 0 Å². The molecule has 10 aromatic carbocycles. The van der Waals surface area contributed by atoms with Gasteiger partial charge in [0.2, 0.25) is 0 Å². The Kier molecular flexibility index (Phi) is 7.71. The van der Waals surface area contributed by atoms with Crippen molar-refractivity contribution in [2.75, 3.05) is 0 Å². The molecule has 0 atom stereocenters. The van der Waals surface area contributed by atoms with Crippen LogP contribution in [0.15, 0.2) is 218 Å². The molecule has 4 nitrogen and oxygen atoms in total. The molecule has 2 heterocycles. The van der Waals surface area contributed by atoms with Crippen LogP contribution in [0.5, 0.6) is 0 Å². The highest BCUT2D eigenvalue weighted by atomic mass is 15.0. The zero-order valence-electron chi connectivity index (χ0n) is 36.1. The largest absolute Gasteiger partial charge is 0.309 e. The van der Waals surface area contributed by atoms with Gasteiger partial charge in [-0.25, -0.2) is 9.69 Å². The van der Waals surface area contributed by atoms with E-state index in [4.69, 9.17) is 13.1 Å². The van der Waals surface area contributed by atoms with E-state index in [1.165, 1.54) is 60.4 Å². The van der Waals surface area contributed by atoms with Crippen molar-refractivity contribution in [3.8, 4) is 55.9 Å². The summed E-state index contributed by atoms with van der Waals surface area (Å²) >= 11 is 0. The quantitative estimate of drug-likeness (QED) is 0.157. The Morgan fingerprint density at radius 1 is 0.299 bits per heavy atom. The summed E-state index contributed by atoms with van der Waals surface area (Å²) in [7, 11) is 0. The van der Waals surface area contributed by atoms with Gasteiger partial charge in [-0.2, -0.15) is 0 Å². The molecule has 14 rings (SSSR count). The first-order valence-electron chi connectivity index (χ1n) is 22.6. The normalized spacial score (nSPS) is 12.9. The lowest BCUT2D eigenvalue weighted by Crippen LogP contribution is -2.25. The predicted octanol–water partition coefficient (Wildman–Crippen LogP) is 16.7. The third-order valence-electron chi connectivity index (χ3n) is 14.5. The summed E-state index contributed by atoms with van der Waals surface area (Å²) in [5, 5.41) is 4.83. The lowest BCUT2D eigenvalue weighted by Gasteiger charge is -2.31. The number of nitrogens with zero attached hydrogens (tertiary/aromatic N) is 4. The lowest BCUT2D eigenvalue weighted by atomic mass is 9.70. The number of aromatic nitrogens is 2. The Bertz CT molecular complexity index is 4110. The molecule has 0 N–H and O–H groups in total. The molecular weight excluding hydrogens is 813 g/mol. The van der Waals surface area contributed by atoms with E-state index in [-0.39, 0.29) is 0 Å². The second-order valence-electron chi connectivity index (χ2n) is 17.8. The number of para-hydroxylation sites is 3. The van der Waals surface area contributed by atoms with Crippen LogP contribution in [-0.4, -0.2) is 9.13 Å². The van der Waals surface area contributed by atoms with Crippen LogP contribution < -0.4 is 0 Å². The molecule has 1 spiro atoms. The lowest BCUT2D eigenvalue weighted by molar-refractivity contribution is 0.795. The van der Waals surface area contributed by atoms with Crippen molar-refractivity contribution < 1.29 is 0 Å². The van der Waals surface area contributed by atoms with Gasteiger partial charge in [0.1, 0.15) is 0 Å². The van der Waals surface area contributed by atoms with E-state index in [9.17, 15) is 0 Å². The fourth-order valence-corrected chi connectivity index (χ4v) is 11.7. The Labute approximate surface area is 387 Å². The number of hydrogen-bond acceptors (Lipinski definition) is 0. The molecule has 0 unspecified atom stereocenters. The van der Waals surface area contributed by atoms with Crippen LogP contribution in [0.25, 0.3) is 109 Å². The number of fused-ring (bicyclic) bond motifs is 16. The zero-order chi connectivity index (χ0) is 44.4. The number of benzene rings is 10. The minimum absolute atomic E-state index is 0.608. The van der Waals surface area contributed by atoms with Gasteiger partial charge in [-0.05, 0) is 140 Å². The average molecular weight is 849 g/mol. The summed E-state index contributed by atoms with van der Waals surface area (Å²) in [6.07, 6.45) is 0. The van der Waals surface area contributed by atoms with Crippen molar-refractivity contribution in [2.45, 2.75) is 5.41 Å². The molecule has 0 radical (unpaired) electrons. The second kappa shape index (κ2) is 13.9. The fraction of sp³-hybridized carbons (Fsp3) is 0.0159. The molecule has 308 valence electrons. The standard InChI is InChI=1S/C63H36N4/c1-64-43-25-28-49-50-29-26-44(65-2)38-58(50)63(57(49)37-43)55-19-11-9-17-47(55)48-27-21-42(36-56(48)63)41-24-32-62-54(35-41)53-34-40(23-31-61(53)67(62)46-15-7-4-8-16-46)39-22-30-60-52(33-39)51-18-10-12-20-59(51)66(60)45-13-5-3-6-14-45/h3-38H. The Hall–Kier alpha value is -9.22. The molecule has 2 aliphatic carbocycles. The maximum atomic E-state index is 8.04. The summed E-state index contributed by atoms with van der Waals surface area (Å²) < 4.78 is 4.76. The van der Waals surface area contributed by atoms with E-state index in [2.05, 4.69) is 225 Å². The smallest absolute Gasteiger partial charge is 0.187 e. The van der Waals surface area contributed by atoms with Crippen LogP contribution in [0, 0.1) is 13.1 Å². The van der Waals surface area contributed by atoms with Crippen molar-refractivity contribution in [1.82, 2.24) is 9.13 Å².